The predicted octanol–water partition coefficient (Wildman–Crippen LogP) is 15.2. The molecule has 55 heavy (non-hydrogen) atoms. The summed E-state index contributed by atoms with van der Waals surface area (Å²) in [7, 11) is 0. The molecule has 0 heteroatoms. The van der Waals surface area contributed by atoms with Crippen LogP contribution in [-0.4, -0.2) is 0 Å². The van der Waals surface area contributed by atoms with Gasteiger partial charge in [0.25, 0.3) is 0 Å². The zero-order valence-corrected chi connectivity index (χ0v) is 31.0. The molecular weight excluding hydrogens is 661 g/mol. The third kappa shape index (κ3) is 5.06. The van der Waals surface area contributed by atoms with Gasteiger partial charge in [-0.05, 0) is 116 Å². The van der Waals surface area contributed by atoms with Gasteiger partial charge in [0.2, 0.25) is 0 Å². The van der Waals surface area contributed by atoms with E-state index in [9.17, 15) is 0 Å². The van der Waals surface area contributed by atoms with Crippen LogP contribution in [-0.2, 0) is 5.41 Å². The molecule has 11 rings (SSSR count). The van der Waals surface area contributed by atoms with E-state index in [0.29, 0.717) is 0 Å². The molecule has 0 fully saturated rings. The lowest BCUT2D eigenvalue weighted by Crippen LogP contribution is -2.14. The Hall–Kier alpha value is -6.76. The summed E-state index contributed by atoms with van der Waals surface area (Å²) in [4.78, 5) is 0. The Morgan fingerprint density at radius 3 is 1.24 bits per heavy atom. The van der Waals surface area contributed by atoms with E-state index in [4.69, 9.17) is 0 Å². The van der Waals surface area contributed by atoms with Gasteiger partial charge in [0.15, 0.2) is 0 Å². The van der Waals surface area contributed by atoms with Crippen molar-refractivity contribution in [2.75, 3.05) is 0 Å². The maximum absolute atomic E-state index is 2.40. The van der Waals surface area contributed by atoms with Crippen molar-refractivity contribution in [3.63, 3.8) is 0 Å². The van der Waals surface area contributed by atoms with E-state index in [-0.39, 0.29) is 5.41 Å². The van der Waals surface area contributed by atoms with Crippen molar-refractivity contribution in [3.05, 3.63) is 205 Å². The van der Waals surface area contributed by atoms with E-state index in [0.717, 1.165) is 0 Å². The number of rotatable bonds is 5. The molecule has 0 aromatic heterocycles. The van der Waals surface area contributed by atoms with Crippen LogP contribution in [0.4, 0.5) is 0 Å². The van der Waals surface area contributed by atoms with Gasteiger partial charge in [-0.25, -0.2) is 0 Å². The molecule has 0 spiro atoms. The Morgan fingerprint density at radius 1 is 0.273 bits per heavy atom. The summed E-state index contributed by atoms with van der Waals surface area (Å²) in [5.41, 5.74) is 17.9. The zero-order chi connectivity index (χ0) is 36.7. The van der Waals surface area contributed by atoms with Crippen LogP contribution >= 0.6 is 0 Å². The highest BCUT2D eigenvalue weighted by Gasteiger charge is 2.35. The Bertz CT molecular complexity index is 3040. The number of benzene rings is 10. The molecule has 0 saturated carbocycles. The lowest BCUT2D eigenvalue weighted by Gasteiger charge is -2.22. The summed E-state index contributed by atoms with van der Waals surface area (Å²) in [6.07, 6.45) is 0. The van der Waals surface area contributed by atoms with Crippen molar-refractivity contribution >= 4 is 32.3 Å². The van der Waals surface area contributed by atoms with Crippen LogP contribution in [0.25, 0.3) is 99.1 Å². The molecule has 0 amide bonds. The van der Waals surface area contributed by atoms with Crippen molar-refractivity contribution in [2.45, 2.75) is 19.3 Å². The van der Waals surface area contributed by atoms with Crippen LogP contribution in [0.5, 0.6) is 0 Å². The highest BCUT2D eigenvalue weighted by atomic mass is 14.4. The molecular formula is C55H38. The van der Waals surface area contributed by atoms with Gasteiger partial charge >= 0.3 is 0 Å². The van der Waals surface area contributed by atoms with E-state index in [1.807, 2.05) is 0 Å². The summed E-state index contributed by atoms with van der Waals surface area (Å²) in [5, 5.41) is 7.94. The lowest BCUT2D eigenvalue weighted by molar-refractivity contribution is 0.660. The first-order valence-electron chi connectivity index (χ1n) is 19.3. The minimum atomic E-state index is 0.00355. The van der Waals surface area contributed by atoms with Gasteiger partial charge in [-0.15, -0.1) is 0 Å². The molecule has 0 nitrogen and oxygen atoms in total. The SMILES string of the molecule is CC1(C)c2ccccc2-c2ccc(-c3ccc(-c4ccc(-c5ccc(-c6ccc(-c7ccc8ccc9cccc%10ccc7c8c9%10)cc6)cc5)cc4)cc3)cc21. The maximum atomic E-state index is 2.40. The zero-order valence-electron chi connectivity index (χ0n) is 31.0. The minimum Gasteiger partial charge on any atom is -0.0619 e. The topological polar surface area (TPSA) is 0 Å². The molecule has 1 aliphatic carbocycles. The fraction of sp³-hybridized carbons (Fsp3) is 0.0545. The molecule has 0 atom stereocenters. The normalized spacial score (nSPS) is 13.1. The van der Waals surface area contributed by atoms with Crippen LogP contribution in [0, 0.1) is 0 Å². The number of fused-ring (bicyclic) bond motifs is 3. The average molecular weight is 699 g/mol. The molecule has 0 unspecified atom stereocenters. The van der Waals surface area contributed by atoms with Gasteiger partial charge in [0.1, 0.15) is 0 Å². The molecule has 0 heterocycles. The third-order valence-corrected chi connectivity index (χ3v) is 12.3. The lowest BCUT2D eigenvalue weighted by atomic mass is 9.81. The number of hydrogen-bond donors (Lipinski definition) is 0. The van der Waals surface area contributed by atoms with Gasteiger partial charge in [-0.3, -0.25) is 0 Å². The summed E-state index contributed by atoms with van der Waals surface area (Å²) >= 11 is 0. The molecule has 10 aromatic rings. The monoisotopic (exact) mass is 698 g/mol. The van der Waals surface area contributed by atoms with Gasteiger partial charge < -0.3 is 0 Å². The molecule has 0 saturated heterocycles. The molecule has 258 valence electrons. The average Bonchev–Trinajstić information content (AvgIpc) is 3.48. The standard InChI is InChI=1S/C55H38/c1-55(2)51-9-4-3-8-48(51)49-32-30-46(34-52(49)55)41-20-18-39(19-21-41)37-12-10-35(11-13-37)36-14-16-38(17-15-36)40-22-24-42(25-23-40)47-31-28-45-27-26-43-6-5-7-44-29-33-50(47)54(45)53(43)44/h3-34H,1-2H3. The first kappa shape index (κ1) is 31.7. The fourth-order valence-electron chi connectivity index (χ4n) is 9.28. The highest BCUT2D eigenvalue weighted by molar-refractivity contribution is 6.25. The van der Waals surface area contributed by atoms with Crippen LogP contribution < -0.4 is 0 Å². The molecule has 0 N–H and O–H groups in total. The van der Waals surface area contributed by atoms with Crippen LogP contribution in [0.15, 0.2) is 194 Å². The van der Waals surface area contributed by atoms with Gasteiger partial charge in [0, 0.05) is 5.41 Å². The maximum Gasteiger partial charge on any atom is 0.0159 e. The van der Waals surface area contributed by atoms with Gasteiger partial charge in [-0.2, -0.15) is 0 Å². The van der Waals surface area contributed by atoms with Crippen molar-refractivity contribution in [3.8, 4) is 66.8 Å². The molecule has 1 aliphatic rings. The molecule has 0 aliphatic heterocycles. The largest absolute Gasteiger partial charge is 0.0619 e. The molecule has 0 bridgehead atoms. The van der Waals surface area contributed by atoms with E-state index in [1.54, 1.807) is 0 Å². The Labute approximate surface area is 322 Å². The summed E-state index contributed by atoms with van der Waals surface area (Å²) in [6.45, 7) is 4.69. The summed E-state index contributed by atoms with van der Waals surface area (Å²) in [6, 6.07) is 72.0. The van der Waals surface area contributed by atoms with Gasteiger partial charge in [0.05, 0.1) is 0 Å². The first-order chi connectivity index (χ1) is 27.0. The van der Waals surface area contributed by atoms with Crippen LogP contribution in [0.2, 0.25) is 0 Å². The Morgan fingerprint density at radius 2 is 0.673 bits per heavy atom. The second kappa shape index (κ2) is 12.1. The van der Waals surface area contributed by atoms with E-state index < -0.39 is 0 Å². The minimum absolute atomic E-state index is 0.00355. The smallest absolute Gasteiger partial charge is 0.0159 e. The first-order valence-corrected chi connectivity index (χ1v) is 19.3. The summed E-state index contributed by atoms with van der Waals surface area (Å²) < 4.78 is 0. The second-order valence-corrected chi connectivity index (χ2v) is 15.7. The quantitative estimate of drug-likeness (QED) is 0.157. The van der Waals surface area contributed by atoms with Crippen LogP contribution in [0.3, 0.4) is 0 Å². The van der Waals surface area contributed by atoms with E-state index >= 15 is 0 Å². The third-order valence-electron chi connectivity index (χ3n) is 12.3. The van der Waals surface area contributed by atoms with Crippen molar-refractivity contribution in [1.82, 2.24) is 0 Å². The number of hydrogen-bond acceptors (Lipinski definition) is 0. The molecule has 10 aromatic carbocycles. The van der Waals surface area contributed by atoms with Crippen molar-refractivity contribution in [2.24, 2.45) is 0 Å². The van der Waals surface area contributed by atoms with E-state index in [1.165, 1.54) is 110 Å². The highest BCUT2D eigenvalue weighted by Crippen LogP contribution is 2.49. The molecule has 0 radical (unpaired) electrons. The fourth-order valence-corrected chi connectivity index (χ4v) is 9.28. The van der Waals surface area contributed by atoms with Gasteiger partial charge in [-0.1, -0.05) is 202 Å². The summed E-state index contributed by atoms with van der Waals surface area (Å²) in [5.74, 6) is 0. The van der Waals surface area contributed by atoms with Crippen LogP contribution in [0.1, 0.15) is 25.0 Å². The van der Waals surface area contributed by atoms with Crippen molar-refractivity contribution in [1.29, 1.82) is 0 Å². The van der Waals surface area contributed by atoms with Crippen molar-refractivity contribution < 1.29 is 0 Å². The second-order valence-electron chi connectivity index (χ2n) is 15.7. The predicted molar refractivity (Wildman–Crippen MR) is 235 cm³/mol. The Kier molecular flexibility index (Phi) is 7.00. The Balaban J connectivity index is 0.810. The van der Waals surface area contributed by atoms with E-state index in [2.05, 4.69) is 208 Å².